The first-order valence-corrected chi connectivity index (χ1v) is 6.15. The SMILES string of the molecule is Cc1cc(F)c(C(=O)c2ccc(F)c(Br)c2)cc1F. The van der Waals surface area contributed by atoms with Gasteiger partial charge in [0.05, 0.1) is 10.0 Å². The molecule has 0 spiro atoms. The molecule has 5 heteroatoms. The van der Waals surface area contributed by atoms with Gasteiger partial charge in [0.15, 0.2) is 5.78 Å². The number of halogens is 4. The molecule has 0 aliphatic heterocycles. The van der Waals surface area contributed by atoms with Crippen molar-refractivity contribution in [3.63, 3.8) is 0 Å². The van der Waals surface area contributed by atoms with Gasteiger partial charge in [0, 0.05) is 5.56 Å². The fourth-order valence-corrected chi connectivity index (χ4v) is 1.99. The Morgan fingerprint density at radius 1 is 1.00 bits per heavy atom. The van der Waals surface area contributed by atoms with Crippen LogP contribution in [-0.2, 0) is 0 Å². The van der Waals surface area contributed by atoms with Crippen LogP contribution < -0.4 is 0 Å². The van der Waals surface area contributed by atoms with Crippen LogP contribution in [0.1, 0.15) is 21.5 Å². The molecule has 0 amide bonds. The first-order chi connectivity index (χ1) is 8.90. The Bertz CT molecular complexity index is 668. The van der Waals surface area contributed by atoms with E-state index >= 15 is 0 Å². The number of benzene rings is 2. The minimum atomic E-state index is -0.802. The lowest BCUT2D eigenvalue weighted by Crippen LogP contribution is -2.06. The van der Waals surface area contributed by atoms with Gasteiger partial charge in [-0.2, -0.15) is 0 Å². The van der Waals surface area contributed by atoms with Gasteiger partial charge in [0.2, 0.25) is 0 Å². The average Bonchev–Trinajstić information content (AvgIpc) is 2.36. The van der Waals surface area contributed by atoms with E-state index in [2.05, 4.69) is 15.9 Å². The van der Waals surface area contributed by atoms with Crippen molar-refractivity contribution in [1.29, 1.82) is 0 Å². The molecule has 19 heavy (non-hydrogen) atoms. The van der Waals surface area contributed by atoms with Crippen molar-refractivity contribution in [2.24, 2.45) is 0 Å². The van der Waals surface area contributed by atoms with Crippen molar-refractivity contribution < 1.29 is 18.0 Å². The number of rotatable bonds is 2. The number of ketones is 1. The molecule has 0 aliphatic rings. The number of carbonyl (C=O) groups is 1. The summed E-state index contributed by atoms with van der Waals surface area (Å²) in [7, 11) is 0. The van der Waals surface area contributed by atoms with Crippen LogP contribution in [0, 0.1) is 24.4 Å². The first kappa shape index (κ1) is 13.8. The molecule has 0 heterocycles. The number of hydrogen-bond donors (Lipinski definition) is 0. The zero-order valence-electron chi connectivity index (χ0n) is 9.81. The molecule has 0 radical (unpaired) electrons. The highest BCUT2D eigenvalue weighted by atomic mass is 79.9. The summed E-state index contributed by atoms with van der Waals surface area (Å²) in [6.07, 6.45) is 0. The molecular formula is C14H8BrF3O. The van der Waals surface area contributed by atoms with Crippen molar-refractivity contribution in [3.8, 4) is 0 Å². The maximum Gasteiger partial charge on any atom is 0.196 e. The molecule has 2 rings (SSSR count). The van der Waals surface area contributed by atoms with Crippen molar-refractivity contribution in [2.45, 2.75) is 6.92 Å². The summed E-state index contributed by atoms with van der Waals surface area (Å²) in [5, 5.41) is 0. The fraction of sp³-hybridized carbons (Fsp3) is 0.0714. The van der Waals surface area contributed by atoms with E-state index in [1.54, 1.807) is 0 Å². The normalized spacial score (nSPS) is 10.6. The van der Waals surface area contributed by atoms with Crippen LogP contribution in [0.3, 0.4) is 0 Å². The predicted molar refractivity (Wildman–Crippen MR) is 68.6 cm³/mol. The van der Waals surface area contributed by atoms with Gasteiger partial charge in [-0.05, 0) is 58.7 Å². The second-order valence-corrected chi connectivity index (χ2v) is 4.89. The van der Waals surface area contributed by atoms with Crippen molar-refractivity contribution in [1.82, 2.24) is 0 Å². The number of hydrogen-bond acceptors (Lipinski definition) is 1. The summed E-state index contributed by atoms with van der Waals surface area (Å²) in [6.45, 7) is 1.40. The topological polar surface area (TPSA) is 17.1 Å². The third-order valence-electron chi connectivity index (χ3n) is 2.67. The molecule has 0 atom stereocenters. The van der Waals surface area contributed by atoms with E-state index in [-0.39, 0.29) is 21.2 Å². The van der Waals surface area contributed by atoms with E-state index < -0.39 is 23.2 Å². The van der Waals surface area contributed by atoms with Gasteiger partial charge in [-0.3, -0.25) is 4.79 Å². The third kappa shape index (κ3) is 2.71. The summed E-state index contributed by atoms with van der Waals surface area (Å²) in [5.74, 6) is -2.69. The van der Waals surface area contributed by atoms with Gasteiger partial charge in [0.1, 0.15) is 17.5 Å². The summed E-state index contributed by atoms with van der Waals surface area (Å²) in [6, 6.07) is 5.35. The number of aryl methyl sites for hydroxylation is 1. The zero-order chi connectivity index (χ0) is 14.2. The highest BCUT2D eigenvalue weighted by molar-refractivity contribution is 9.10. The van der Waals surface area contributed by atoms with E-state index in [0.717, 1.165) is 18.2 Å². The van der Waals surface area contributed by atoms with Gasteiger partial charge in [-0.1, -0.05) is 0 Å². The highest BCUT2D eigenvalue weighted by Gasteiger charge is 2.17. The third-order valence-corrected chi connectivity index (χ3v) is 3.28. The molecule has 2 aromatic rings. The molecule has 2 aromatic carbocycles. The van der Waals surface area contributed by atoms with E-state index in [1.165, 1.54) is 19.1 Å². The van der Waals surface area contributed by atoms with Crippen LogP contribution in [0.5, 0.6) is 0 Å². The molecule has 0 saturated carbocycles. The first-order valence-electron chi connectivity index (χ1n) is 5.35. The van der Waals surface area contributed by atoms with Crippen LogP contribution in [0.4, 0.5) is 13.2 Å². The van der Waals surface area contributed by atoms with Gasteiger partial charge >= 0.3 is 0 Å². The molecule has 0 aromatic heterocycles. The molecule has 0 bridgehead atoms. The molecule has 0 fully saturated rings. The van der Waals surface area contributed by atoms with Gasteiger partial charge in [-0.25, -0.2) is 13.2 Å². The zero-order valence-corrected chi connectivity index (χ0v) is 11.4. The largest absolute Gasteiger partial charge is 0.288 e. The van der Waals surface area contributed by atoms with Crippen molar-refractivity contribution in [3.05, 3.63) is 68.9 Å². The minimum absolute atomic E-state index is 0.0791. The standard InChI is InChI=1S/C14H8BrF3O/c1-7-4-13(18)9(6-12(7)17)14(19)8-2-3-11(16)10(15)5-8/h2-6H,1H3. The van der Waals surface area contributed by atoms with Crippen LogP contribution in [0.25, 0.3) is 0 Å². The van der Waals surface area contributed by atoms with Crippen LogP contribution in [0.15, 0.2) is 34.8 Å². The molecular weight excluding hydrogens is 321 g/mol. The van der Waals surface area contributed by atoms with Crippen molar-refractivity contribution in [2.75, 3.05) is 0 Å². The van der Waals surface area contributed by atoms with Crippen molar-refractivity contribution >= 4 is 21.7 Å². The minimum Gasteiger partial charge on any atom is -0.288 e. The smallest absolute Gasteiger partial charge is 0.196 e. The van der Waals surface area contributed by atoms with Gasteiger partial charge in [-0.15, -0.1) is 0 Å². The number of carbonyl (C=O) groups excluding carboxylic acids is 1. The van der Waals surface area contributed by atoms with Gasteiger partial charge in [0.25, 0.3) is 0 Å². The lowest BCUT2D eigenvalue weighted by molar-refractivity contribution is 0.103. The summed E-state index contributed by atoms with van der Waals surface area (Å²) in [4.78, 5) is 12.0. The van der Waals surface area contributed by atoms with E-state index in [9.17, 15) is 18.0 Å². The monoisotopic (exact) mass is 328 g/mol. The quantitative estimate of drug-likeness (QED) is 0.746. The molecule has 0 N–H and O–H groups in total. The Labute approximate surface area is 116 Å². The Balaban J connectivity index is 2.49. The van der Waals surface area contributed by atoms with E-state index in [1.807, 2.05) is 0 Å². The second kappa shape index (κ2) is 5.17. The van der Waals surface area contributed by atoms with E-state index in [4.69, 9.17) is 0 Å². The second-order valence-electron chi connectivity index (χ2n) is 4.04. The lowest BCUT2D eigenvalue weighted by Gasteiger charge is -2.06. The molecule has 0 unspecified atom stereocenters. The van der Waals surface area contributed by atoms with Gasteiger partial charge < -0.3 is 0 Å². The van der Waals surface area contributed by atoms with Crippen LogP contribution >= 0.6 is 15.9 Å². The fourth-order valence-electron chi connectivity index (χ4n) is 1.61. The van der Waals surface area contributed by atoms with Crippen LogP contribution in [0.2, 0.25) is 0 Å². The maximum absolute atomic E-state index is 13.7. The van der Waals surface area contributed by atoms with E-state index in [0.29, 0.717) is 0 Å². The Morgan fingerprint density at radius 3 is 2.32 bits per heavy atom. The Morgan fingerprint density at radius 2 is 1.68 bits per heavy atom. The summed E-state index contributed by atoms with van der Waals surface area (Å²) < 4.78 is 40.2. The van der Waals surface area contributed by atoms with Crippen LogP contribution in [-0.4, -0.2) is 5.78 Å². The average molecular weight is 329 g/mol. The lowest BCUT2D eigenvalue weighted by atomic mass is 10.0. The molecule has 1 nitrogen and oxygen atoms in total. The maximum atomic E-state index is 13.7. The molecule has 0 saturated heterocycles. The highest BCUT2D eigenvalue weighted by Crippen LogP contribution is 2.21. The Hall–Kier alpha value is -1.62. The molecule has 0 aliphatic carbocycles. The summed E-state index contributed by atoms with van der Waals surface area (Å²) in [5.41, 5.74) is -0.175. The predicted octanol–water partition coefficient (Wildman–Crippen LogP) is 4.41. The Kier molecular flexibility index (Phi) is 3.75. The summed E-state index contributed by atoms with van der Waals surface area (Å²) >= 11 is 2.94. The molecule has 98 valence electrons.